The minimum absolute atomic E-state index is 0.0993. The lowest BCUT2D eigenvalue weighted by atomic mass is 9.81. The molecule has 0 unspecified atom stereocenters. The first-order valence-electron chi connectivity index (χ1n) is 10.7. The maximum Gasteiger partial charge on any atom is 0.195 e. The first-order valence-corrected chi connectivity index (χ1v) is 10.7. The first-order chi connectivity index (χ1) is 15.1. The van der Waals surface area contributed by atoms with Gasteiger partial charge in [-0.3, -0.25) is 9.59 Å². The minimum Gasteiger partial charge on any atom is -0.483 e. The second-order valence-corrected chi connectivity index (χ2v) is 7.56. The largest absolute Gasteiger partial charge is 0.483 e. The van der Waals surface area contributed by atoms with Crippen molar-refractivity contribution in [1.82, 2.24) is 0 Å². The molecule has 0 heterocycles. The molecule has 3 aromatic rings. The van der Waals surface area contributed by atoms with Gasteiger partial charge in [-0.1, -0.05) is 60.7 Å². The Kier molecular flexibility index (Phi) is 6.10. The van der Waals surface area contributed by atoms with Crippen molar-refractivity contribution in [2.75, 3.05) is 19.7 Å². The minimum atomic E-state index is -0.102. The molecule has 0 saturated heterocycles. The van der Waals surface area contributed by atoms with Crippen molar-refractivity contribution < 1.29 is 19.2 Å². The summed E-state index contributed by atoms with van der Waals surface area (Å²) in [6.45, 7) is 6.45. The molecule has 4 nitrogen and oxygen atoms in total. The highest BCUT2D eigenvalue weighted by Crippen LogP contribution is 2.30. The Balaban J connectivity index is 1.76. The number of nitrogens with one attached hydrogen (secondary N) is 1. The van der Waals surface area contributed by atoms with Gasteiger partial charge in [-0.15, -0.1) is 0 Å². The number of fused-ring (bicyclic) bond motifs is 2. The number of hydrogen-bond acceptors (Lipinski definition) is 3. The molecule has 0 atom stereocenters. The fraction of sp³-hybridized carbons (Fsp3) is 0.185. The van der Waals surface area contributed by atoms with Crippen LogP contribution >= 0.6 is 0 Å². The molecule has 1 aliphatic rings. The van der Waals surface area contributed by atoms with E-state index in [0.29, 0.717) is 28.9 Å². The Labute approximate surface area is 182 Å². The normalized spacial score (nSPS) is 13.2. The van der Waals surface area contributed by atoms with E-state index in [0.717, 1.165) is 30.1 Å². The summed E-state index contributed by atoms with van der Waals surface area (Å²) in [5, 5.41) is 0. The van der Waals surface area contributed by atoms with Gasteiger partial charge in [-0.25, -0.2) is 0 Å². The summed E-state index contributed by atoms with van der Waals surface area (Å²) in [6, 6.07) is 22.2. The second-order valence-electron chi connectivity index (χ2n) is 7.56. The van der Waals surface area contributed by atoms with Crippen molar-refractivity contribution in [2.45, 2.75) is 13.8 Å². The first kappa shape index (κ1) is 20.8. The van der Waals surface area contributed by atoms with Crippen LogP contribution < -0.4 is 9.64 Å². The molecule has 3 aromatic carbocycles. The summed E-state index contributed by atoms with van der Waals surface area (Å²) in [5.41, 5.74) is 3.70. The van der Waals surface area contributed by atoms with E-state index in [2.05, 4.69) is 13.8 Å². The Morgan fingerprint density at radius 2 is 1.39 bits per heavy atom. The van der Waals surface area contributed by atoms with Gasteiger partial charge >= 0.3 is 0 Å². The van der Waals surface area contributed by atoms with Crippen molar-refractivity contribution in [3.63, 3.8) is 0 Å². The molecule has 0 radical (unpaired) electrons. The molecule has 0 fully saturated rings. The summed E-state index contributed by atoms with van der Waals surface area (Å²) >= 11 is 0. The standard InChI is InChI=1S/C27H25NO3/c1-3-28(4-2)20(18-31-21-12-6-5-7-13-21)17-19-11-10-16-24-25(19)27(30)23-15-9-8-14-22(23)26(24)29/h5-17H,3-4,18H2,1-2H3/p+1/b20-17-. The van der Waals surface area contributed by atoms with Crippen molar-refractivity contribution in [2.24, 2.45) is 0 Å². The van der Waals surface area contributed by atoms with Crippen molar-refractivity contribution in [1.29, 1.82) is 0 Å². The van der Waals surface area contributed by atoms with Crippen LogP contribution in [0.3, 0.4) is 0 Å². The summed E-state index contributed by atoms with van der Waals surface area (Å²) in [5.74, 6) is 0.600. The highest BCUT2D eigenvalue weighted by atomic mass is 16.5. The number of ether oxygens (including phenoxy) is 1. The Hall–Kier alpha value is -3.50. The van der Waals surface area contributed by atoms with Gasteiger partial charge in [0.25, 0.3) is 0 Å². The van der Waals surface area contributed by atoms with Gasteiger partial charge in [-0.2, -0.15) is 0 Å². The van der Waals surface area contributed by atoms with E-state index in [-0.39, 0.29) is 11.6 Å². The third-order valence-corrected chi connectivity index (χ3v) is 5.76. The number of para-hydroxylation sites is 1. The Bertz CT molecular complexity index is 1140. The molecule has 0 bridgehead atoms. The highest BCUT2D eigenvalue weighted by molar-refractivity contribution is 6.29. The molecule has 156 valence electrons. The van der Waals surface area contributed by atoms with Crippen LogP contribution in [0.25, 0.3) is 6.08 Å². The van der Waals surface area contributed by atoms with E-state index in [4.69, 9.17) is 4.74 Å². The van der Waals surface area contributed by atoms with Crippen molar-refractivity contribution in [3.8, 4) is 5.75 Å². The van der Waals surface area contributed by atoms with Gasteiger partial charge < -0.3 is 9.64 Å². The lowest BCUT2D eigenvalue weighted by Crippen LogP contribution is -3.10. The maximum atomic E-state index is 13.3. The van der Waals surface area contributed by atoms with E-state index in [1.54, 1.807) is 30.3 Å². The zero-order valence-corrected chi connectivity index (χ0v) is 17.9. The van der Waals surface area contributed by atoms with E-state index in [1.165, 1.54) is 4.90 Å². The Morgan fingerprint density at radius 3 is 2.06 bits per heavy atom. The quantitative estimate of drug-likeness (QED) is 0.502. The van der Waals surface area contributed by atoms with Gasteiger partial charge in [0.05, 0.1) is 13.1 Å². The van der Waals surface area contributed by atoms with Gasteiger partial charge in [-0.05, 0) is 31.5 Å². The third-order valence-electron chi connectivity index (χ3n) is 5.76. The molecule has 0 amide bonds. The molecule has 0 saturated carbocycles. The number of carbonyl (C=O) groups is 2. The zero-order valence-electron chi connectivity index (χ0n) is 17.9. The van der Waals surface area contributed by atoms with E-state index >= 15 is 0 Å². The average molecular weight is 413 g/mol. The SMILES string of the molecule is CC[NH+](CC)/C(=C\c1cccc2c1C(=O)c1ccccc1C2=O)COc1ccccc1. The number of benzene rings is 3. The maximum absolute atomic E-state index is 13.3. The number of quaternary nitrogens is 1. The number of hydrogen-bond donors (Lipinski definition) is 1. The molecule has 4 heteroatoms. The van der Waals surface area contributed by atoms with Crippen LogP contribution in [0.4, 0.5) is 0 Å². The summed E-state index contributed by atoms with van der Waals surface area (Å²) in [6.07, 6.45) is 2.02. The molecule has 1 aliphatic carbocycles. The van der Waals surface area contributed by atoms with Crippen LogP contribution in [0.1, 0.15) is 51.3 Å². The van der Waals surface area contributed by atoms with Gasteiger partial charge in [0, 0.05) is 28.3 Å². The molecule has 4 rings (SSSR count). The number of rotatable bonds is 7. The molecule has 0 aliphatic heterocycles. The van der Waals surface area contributed by atoms with E-state index in [9.17, 15) is 9.59 Å². The smallest absolute Gasteiger partial charge is 0.195 e. The fourth-order valence-electron chi connectivity index (χ4n) is 4.11. The Morgan fingerprint density at radius 1 is 0.774 bits per heavy atom. The van der Waals surface area contributed by atoms with Gasteiger partial charge in [0.1, 0.15) is 11.4 Å². The van der Waals surface area contributed by atoms with Gasteiger partial charge in [0.2, 0.25) is 0 Å². The lowest BCUT2D eigenvalue weighted by molar-refractivity contribution is -0.857. The van der Waals surface area contributed by atoms with Crippen LogP contribution in [0.2, 0.25) is 0 Å². The summed E-state index contributed by atoms with van der Waals surface area (Å²) in [4.78, 5) is 27.6. The van der Waals surface area contributed by atoms with Crippen LogP contribution in [-0.2, 0) is 0 Å². The van der Waals surface area contributed by atoms with Crippen LogP contribution in [0.5, 0.6) is 5.75 Å². The van der Waals surface area contributed by atoms with Crippen LogP contribution in [0.15, 0.2) is 78.5 Å². The fourth-order valence-corrected chi connectivity index (χ4v) is 4.11. The predicted octanol–water partition coefficient (Wildman–Crippen LogP) is 3.81. The zero-order chi connectivity index (χ0) is 21.8. The molecule has 31 heavy (non-hydrogen) atoms. The lowest BCUT2D eigenvalue weighted by Gasteiger charge is -2.21. The molecular weight excluding hydrogens is 386 g/mol. The number of ketones is 2. The van der Waals surface area contributed by atoms with E-state index < -0.39 is 0 Å². The molecular formula is C27H26NO3+. The monoisotopic (exact) mass is 412 g/mol. The molecule has 0 aromatic heterocycles. The van der Waals surface area contributed by atoms with E-state index in [1.807, 2.05) is 48.5 Å². The highest BCUT2D eigenvalue weighted by Gasteiger charge is 2.31. The molecule has 0 spiro atoms. The molecule has 1 N–H and O–H groups in total. The van der Waals surface area contributed by atoms with Crippen LogP contribution in [0, 0.1) is 0 Å². The summed E-state index contributed by atoms with van der Waals surface area (Å²) < 4.78 is 6.03. The number of likely N-dealkylation sites (N-methyl/N-ethyl adjacent to an activating group) is 1. The predicted molar refractivity (Wildman–Crippen MR) is 122 cm³/mol. The topological polar surface area (TPSA) is 47.8 Å². The van der Waals surface area contributed by atoms with Crippen molar-refractivity contribution >= 4 is 17.6 Å². The van der Waals surface area contributed by atoms with Crippen molar-refractivity contribution in [3.05, 3.63) is 106 Å². The van der Waals surface area contributed by atoms with Gasteiger partial charge in [0.15, 0.2) is 18.2 Å². The number of carbonyl (C=O) groups excluding carboxylic acids is 2. The van der Waals surface area contributed by atoms with Crippen LogP contribution in [-0.4, -0.2) is 31.3 Å². The summed E-state index contributed by atoms with van der Waals surface area (Å²) in [7, 11) is 0. The third kappa shape index (κ3) is 4.07. The average Bonchev–Trinajstić information content (AvgIpc) is 2.82. The second kappa shape index (κ2) is 9.11.